The van der Waals surface area contributed by atoms with E-state index in [9.17, 15) is 20.1 Å². The maximum atomic E-state index is 12.5. The molecule has 1 amide bonds. The van der Waals surface area contributed by atoms with Crippen LogP contribution in [-0.2, 0) is 14.3 Å². The van der Waals surface area contributed by atoms with Crippen LogP contribution in [0.25, 0.3) is 0 Å². The van der Waals surface area contributed by atoms with Gasteiger partial charge in [0.25, 0.3) is 5.91 Å². The van der Waals surface area contributed by atoms with Crippen molar-refractivity contribution in [3.63, 3.8) is 0 Å². The Kier molecular flexibility index (Phi) is 12.1. The Morgan fingerprint density at radius 2 is 2.06 bits per heavy atom. The van der Waals surface area contributed by atoms with Gasteiger partial charge >= 0.3 is 0 Å². The first-order chi connectivity index (χ1) is 16.6. The smallest absolute Gasteiger partial charge is 0.275 e. The molecule has 1 aliphatic carbocycles. The van der Waals surface area contributed by atoms with Gasteiger partial charge in [-0.2, -0.15) is 0 Å². The van der Waals surface area contributed by atoms with Crippen LogP contribution in [-0.4, -0.2) is 95.3 Å². The summed E-state index contributed by atoms with van der Waals surface area (Å²) in [4.78, 5) is 16.2. The third kappa shape index (κ3) is 9.42. The van der Waals surface area contributed by atoms with Crippen molar-refractivity contribution < 1.29 is 29.6 Å². The minimum absolute atomic E-state index is 0.0223. The molecule has 0 aromatic carbocycles. The highest BCUT2D eigenvalue weighted by Gasteiger charge is 2.41. The fourth-order valence-electron chi connectivity index (χ4n) is 4.54. The molecule has 35 heavy (non-hydrogen) atoms. The number of nitrogens with one attached hydrogen (secondary N) is 2. The first kappa shape index (κ1) is 29.6. The number of hydrogen-bond donors (Lipinski definition) is 9. The average Bonchev–Trinajstić information content (AvgIpc) is 2.80. The van der Waals surface area contributed by atoms with Crippen molar-refractivity contribution in [3.05, 3.63) is 0 Å². The van der Waals surface area contributed by atoms with Gasteiger partial charge < -0.3 is 58.4 Å². The maximum absolute atomic E-state index is 12.5. The van der Waals surface area contributed by atoms with Crippen molar-refractivity contribution in [1.82, 2.24) is 10.6 Å². The number of amides is 1. The highest BCUT2D eigenvalue weighted by atomic mass is 16.7. The van der Waals surface area contributed by atoms with Gasteiger partial charge in [-0.15, -0.1) is 0 Å². The number of aliphatic hydroxyl groups excluding tert-OH is 2. The fraction of sp³-hybridized carbons (Fsp3) is 0.909. The molecule has 13 N–H and O–H groups in total. The number of nitrogens with zero attached hydrogens (tertiary/aromatic N) is 1. The van der Waals surface area contributed by atoms with E-state index < -0.39 is 54.3 Å². The Labute approximate surface area is 207 Å². The van der Waals surface area contributed by atoms with Crippen LogP contribution in [0.1, 0.15) is 58.3 Å². The fourth-order valence-corrected chi connectivity index (χ4v) is 4.54. The first-order valence-corrected chi connectivity index (χ1v) is 12.6. The van der Waals surface area contributed by atoms with E-state index in [4.69, 9.17) is 32.4 Å². The van der Waals surface area contributed by atoms with E-state index in [1.807, 2.05) is 0 Å². The zero-order valence-corrected chi connectivity index (χ0v) is 20.6. The van der Waals surface area contributed by atoms with Crippen LogP contribution in [0.4, 0.5) is 0 Å². The minimum atomic E-state index is -2.08. The summed E-state index contributed by atoms with van der Waals surface area (Å²) in [5.74, 6) is -1.15. The third-order valence-corrected chi connectivity index (χ3v) is 6.50. The molecule has 0 aromatic rings. The Morgan fingerprint density at radius 3 is 2.69 bits per heavy atom. The van der Waals surface area contributed by atoms with E-state index >= 15 is 0 Å². The number of carbonyl (C=O) groups excluding carboxylic acids is 1. The molecule has 0 aromatic heterocycles. The normalized spacial score (nSPS) is 31.8. The van der Waals surface area contributed by atoms with Gasteiger partial charge in [0, 0.05) is 31.6 Å². The molecule has 6 unspecified atom stereocenters. The maximum Gasteiger partial charge on any atom is 0.275 e. The lowest BCUT2D eigenvalue weighted by Gasteiger charge is -2.41. The zero-order chi connectivity index (χ0) is 26.0. The average molecular weight is 504 g/mol. The van der Waals surface area contributed by atoms with Crippen molar-refractivity contribution in [2.24, 2.45) is 27.9 Å². The summed E-state index contributed by atoms with van der Waals surface area (Å²) < 4.78 is 12.1. The molecule has 2 fully saturated rings. The highest BCUT2D eigenvalue weighted by Crippen LogP contribution is 2.27. The molecule has 13 heteroatoms. The van der Waals surface area contributed by atoms with Crippen molar-refractivity contribution in [2.45, 2.75) is 107 Å². The predicted molar refractivity (Wildman–Crippen MR) is 131 cm³/mol. The summed E-state index contributed by atoms with van der Waals surface area (Å²) in [5, 5.41) is 37.0. The second-order valence-corrected chi connectivity index (χ2v) is 9.54. The van der Waals surface area contributed by atoms with Gasteiger partial charge in [0.1, 0.15) is 6.10 Å². The van der Waals surface area contributed by atoms with Crippen molar-refractivity contribution >= 4 is 11.9 Å². The molecular formula is C22H45N7O6. The standard InChI is InChI=1S/C22H45N7O6/c1-2-22(33,29-21(25)26)20(32)28-13-9-16(24)19(17(31)10-13)35-18-7-3-6-15(34-18)12-27-11-14(30)5-4-8-23/h13-19,27,30-31,33H,2-12,23-24H2,1H3,(H,28,32)(H4,25,26,29)/t13?,14?,15?,16?,17?,18-,19-,22?/m1/s1. The molecule has 0 spiro atoms. The minimum Gasteiger partial charge on any atom is -0.392 e. The topological polar surface area (TPSA) is 237 Å². The van der Waals surface area contributed by atoms with Gasteiger partial charge in [0.05, 0.1) is 18.3 Å². The summed E-state index contributed by atoms with van der Waals surface area (Å²) in [7, 11) is 0. The molecule has 8 atom stereocenters. The quantitative estimate of drug-likeness (QED) is 0.0925. The number of carbonyl (C=O) groups is 1. The van der Waals surface area contributed by atoms with Crippen LogP contribution in [0.15, 0.2) is 4.99 Å². The summed E-state index contributed by atoms with van der Waals surface area (Å²) in [5.41, 5.74) is 20.3. The number of nitrogens with two attached hydrogens (primary N) is 4. The molecule has 0 radical (unpaired) electrons. The number of hydrogen-bond acceptors (Lipinski definition) is 10. The summed E-state index contributed by atoms with van der Waals surface area (Å²) in [6.45, 7) is 3.20. The molecule has 204 valence electrons. The van der Waals surface area contributed by atoms with E-state index in [1.165, 1.54) is 0 Å². The lowest BCUT2D eigenvalue weighted by Crippen LogP contribution is -2.59. The Hall–Kier alpha value is -1.58. The van der Waals surface area contributed by atoms with E-state index in [1.54, 1.807) is 6.92 Å². The summed E-state index contributed by atoms with van der Waals surface area (Å²) in [6.07, 6.45) is 1.83. The van der Waals surface area contributed by atoms with Gasteiger partial charge in [-0.25, -0.2) is 4.99 Å². The molecule has 1 saturated heterocycles. The Balaban J connectivity index is 1.82. The van der Waals surface area contributed by atoms with Gasteiger partial charge in [-0.3, -0.25) is 4.79 Å². The van der Waals surface area contributed by atoms with Crippen LogP contribution >= 0.6 is 0 Å². The molecule has 2 rings (SSSR count). The van der Waals surface area contributed by atoms with E-state index in [-0.39, 0.29) is 18.9 Å². The molecule has 1 aliphatic heterocycles. The highest BCUT2D eigenvalue weighted by molar-refractivity contribution is 5.88. The SMILES string of the molecule is CCC(O)(N=C(N)N)C(=O)NC1CC(N)[C@@H](O[C@@H]2CCCC(CNCC(O)CCCN)O2)C(O)C1. The van der Waals surface area contributed by atoms with Crippen molar-refractivity contribution in [3.8, 4) is 0 Å². The van der Waals surface area contributed by atoms with Crippen molar-refractivity contribution in [2.75, 3.05) is 19.6 Å². The molecule has 0 bridgehead atoms. The zero-order valence-electron chi connectivity index (χ0n) is 20.6. The Morgan fingerprint density at radius 1 is 1.31 bits per heavy atom. The second-order valence-electron chi connectivity index (χ2n) is 9.54. The molecule has 2 aliphatic rings. The lowest BCUT2D eigenvalue weighted by atomic mass is 9.86. The van der Waals surface area contributed by atoms with Gasteiger partial charge in [0.15, 0.2) is 12.2 Å². The van der Waals surface area contributed by atoms with Gasteiger partial charge in [0.2, 0.25) is 5.72 Å². The number of rotatable bonds is 13. The van der Waals surface area contributed by atoms with Crippen LogP contribution < -0.4 is 33.6 Å². The first-order valence-electron chi connectivity index (χ1n) is 12.6. The molecule has 1 heterocycles. The number of aliphatic imine (C=N–C) groups is 1. The number of aliphatic hydroxyl groups is 3. The van der Waals surface area contributed by atoms with Crippen LogP contribution in [0.5, 0.6) is 0 Å². The van der Waals surface area contributed by atoms with Crippen LogP contribution in [0.3, 0.4) is 0 Å². The van der Waals surface area contributed by atoms with Crippen molar-refractivity contribution in [1.29, 1.82) is 0 Å². The van der Waals surface area contributed by atoms with Crippen LogP contribution in [0, 0.1) is 0 Å². The number of guanidine groups is 1. The molecule has 1 saturated carbocycles. The number of ether oxygens (including phenoxy) is 2. The molecule has 13 nitrogen and oxygen atoms in total. The summed E-state index contributed by atoms with van der Waals surface area (Å²) >= 11 is 0. The third-order valence-electron chi connectivity index (χ3n) is 6.50. The molecular weight excluding hydrogens is 458 g/mol. The largest absolute Gasteiger partial charge is 0.392 e. The van der Waals surface area contributed by atoms with Gasteiger partial charge in [-0.1, -0.05) is 6.92 Å². The van der Waals surface area contributed by atoms with E-state index in [0.29, 0.717) is 38.9 Å². The predicted octanol–water partition coefficient (Wildman–Crippen LogP) is -2.70. The van der Waals surface area contributed by atoms with E-state index in [2.05, 4.69) is 15.6 Å². The lowest BCUT2D eigenvalue weighted by molar-refractivity contribution is -0.237. The Bertz CT molecular complexity index is 671. The van der Waals surface area contributed by atoms with Crippen LogP contribution in [0.2, 0.25) is 0 Å². The van der Waals surface area contributed by atoms with E-state index in [0.717, 1.165) is 19.3 Å². The second kappa shape index (κ2) is 14.2. The summed E-state index contributed by atoms with van der Waals surface area (Å²) in [6, 6.07) is -1.03. The monoisotopic (exact) mass is 503 g/mol. The van der Waals surface area contributed by atoms with Gasteiger partial charge in [-0.05, 0) is 51.5 Å².